The predicted octanol–water partition coefficient (Wildman–Crippen LogP) is 3.38. The molecule has 1 saturated carbocycles. The molecule has 0 bridgehead atoms. The van der Waals surface area contributed by atoms with Gasteiger partial charge in [0.15, 0.2) is 0 Å². The molecule has 0 radical (unpaired) electrons. The van der Waals surface area contributed by atoms with E-state index in [-0.39, 0.29) is 5.82 Å². The molecule has 0 aliphatic heterocycles. The second-order valence-corrected chi connectivity index (χ2v) is 5.02. The van der Waals surface area contributed by atoms with E-state index in [0.29, 0.717) is 11.7 Å². The highest BCUT2D eigenvalue weighted by Crippen LogP contribution is 2.33. The third-order valence-corrected chi connectivity index (χ3v) is 3.54. The molecule has 2 rings (SSSR count). The van der Waals surface area contributed by atoms with Gasteiger partial charge in [-0.3, -0.25) is 0 Å². The maximum Gasteiger partial charge on any atom is 0.416 e. The van der Waals surface area contributed by atoms with Crippen molar-refractivity contribution in [1.82, 2.24) is 4.98 Å². The van der Waals surface area contributed by atoms with Crippen molar-refractivity contribution in [1.29, 1.82) is 0 Å². The highest BCUT2D eigenvalue weighted by Gasteiger charge is 2.32. The molecule has 0 aromatic carbocycles. The van der Waals surface area contributed by atoms with Gasteiger partial charge in [-0.05, 0) is 30.9 Å². The van der Waals surface area contributed by atoms with Crippen molar-refractivity contribution in [2.24, 2.45) is 5.92 Å². The van der Waals surface area contributed by atoms with Crippen molar-refractivity contribution < 1.29 is 13.2 Å². The highest BCUT2D eigenvalue weighted by atomic mass is 19.4. The summed E-state index contributed by atoms with van der Waals surface area (Å²) in [6.45, 7) is 0.761. The molecule has 1 aromatic rings. The Hall–Kier alpha value is -1.46. The van der Waals surface area contributed by atoms with Crippen molar-refractivity contribution >= 4 is 11.6 Å². The second-order valence-electron chi connectivity index (χ2n) is 5.02. The summed E-state index contributed by atoms with van der Waals surface area (Å²) >= 11 is 0. The number of rotatable bonds is 4. The third-order valence-electron chi connectivity index (χ3n) is 3.54. The fourth-order valence-corrected chi connectivity index (χ4v) is 2.16. The Bertz CT molecular complexity index is 441. The summed E-state index contributed by atoms with van der Waals surface area (Å²) in [5.74, 6) is 1.19. The first kappa shape index (κ1) is 14.0. The first-order valence-corrected chi connectivity index (χ1v) is 6.38. The predicted molar refractivity (Wildman–Crippen MR) is 69.4 cm³/mol. The fraction of sp³-hybridized carbons (Fsp3) is 0.615. The van der Waals surface area contributed by atoms with E-state index in [1.54, 1.807) is 19.0 Å². The molecule has 3 nitrogen and oxygen atoms in total. The second kappa shape index (κ2) is 5.27. The Kier molecular flexibility index (Phi) is 3.87. The van der Waals surface area contributed by atoms with Crippen molar-refractivity contribution in [3.8, 4) is 0 Å². The van der Waals surface area contributed by atoms with Crippen molar-refractivity contribution in [2.75, 3.05) is 30.9 Å². The Morgan fingerprint density at radius 1 is 1.37 bits per heavy atom. The summed E-state index contributed by atoms with van der Waals surface area (Å²) in [7, 11) is 3.36. The van der Waals surface area contributed by atoms with Crippen molar-refractivity contribution in [3.63, 3.8) is 0 Å². The number of anilines is 2. The number of hydrogen-bond acceptors (Lipinski definition) is 3. The number of halogens is 3. The van der Waals surface area contributed by atoms with Crippen LogP contribution in [0.2, 0.25) is 0 Å². The van der Waals surface area contributed by atoms with Crippen LogP contribution in [0.3, 0.4) is 0 Å². The van der Waals surface area contributed by atoms with Crippen LogP contribution in [0.4, 0.5) is 24.8 Å². The first-order valence-electron chi connectivity index (χ1n) is 6.38. The van der Waals surface area contributed by atoms with Crippen LogP contribution in [0.5, 0.6) is 0 Å². The van der Waals surface area contributed by atoms with E-state index < -0.39 is 11.7 Å². The molecule has 1 fully saturated rings. The molecule has 1 aromatic heterocycles. The number of nitrogens with zero attached hydrogens (tertiary/aromatic N) is 2. The van der Waals surface area contributed by atoms with Gasteiger partial charge in [-0.2, -0.15) is 13.2 Å². The van der Waals surface area contributed by atoms with Gasteiger partial charge in [0.25, 0.3) is 0 Å². The van der Waals surface area contributed by atoms with Gasteiger partial charge in [0.1, 0.15) is 11.6 Å². The molecule has 19 heavy (non-hydrogen) atoms. The van der Waals surface area contributed by atoms with Gasteiger partial charge in [-0.25, -0.2) is 4.98 Å². The van der Waals surface area contributed by atoms with Gasteiger partial charge in [0.05, 0.1) is 5.56 Å². The average molecular weight is 273 g/mol. The smallest absolute Gasteiger partial charge is 0.373 e. The molecule has 0 amide bonds. The average Bonchev–Trinajstić information content (AvgIpc) is 2.31. The van der Waals surface area contributed by atoms with E-state index in [2.05, 4.69) is 10.3 Å². The van der Waals surface area contributed by atoms with Gasteiger partial charge in [0, 0.05) is 20.6 Å². The van der Waals surface area contributed by atoms with Crippen LogP contribution in [0.25, 0.3) is 0 Å². The Morgan fingerprint density at radius 3 is 2.53 bits per heavy atom. The van der Waals surface area contributed by atoms with Crippen LogP contribution < -0.4 is 10.2 Å². The summed E-state index contributed by atoms with van der Waals surface area (Å²) in [6, 6.07) is 2.14. The minimum absolute atomic E-state index is 0.241. The summed E-state index contributed by atoms with van der Waals surface area (Å²) < 4.78 is 38.4. The Labute approximate surface area is 110 Å². The Balaban J connectivity index is 2.22. The summed E-state index contributed by atoms with van der Waals surface area (Å²) in [4.78, 5) is 6.00. The lowest BCUT2D eigenvalue weighted by Crippen LogP contribution is -2.30. The first-order chi connectivity index (χ1) is 8.90. The molecule has 0 unspecified atom stereocenters. The quantitative estimate of drug-likeness (QED) is 0.911. The number of alkyl halides is 3. The molecule has 0 spiro atoms. The molecule has 1 aliphatic rings. The molecule has 0 atom stereocenters. The molecule has 1 heterocycles. The molecule has 1 N–H and O–H groups in total. The molecule has 106 valence electrons. The van der Waals surface area contributed by atoms with Gasteiger partial charge < -0.3 is 10.2 Å². The third kappa shape index (κ3) is 3.30. The number of aromatic nitrogens is 1. The fourth-order valence-electron chi connectivity index (χ4n) is 2.16. The zero-order valence-corrected chi connectivity index (χ0v) is 11.1. The van der Waals surface area contributed by atoms with Crippen LogP contribution in [0.15, 0.2) is 12.1 Å². The van der Waals surface area contributed by atoms with E-state index >= 15 is 0 Å². The van der Waals surface area contributed by atoms with E-state index in [4.69, 9.17) is 0 Å². The van der Waals surface area contributed by atoms with Crippen LogP contribution in [-0.4, -0.2) is 25.6 Å². The van der Waals surface area contributed by atoms with E-state index in [9.17, 15) is 13.2 Å². The number of hydrogen-bond donors (Lipinski definition) is 1. The normalized spacial score (nSPS) is 16.1. The molecule has 0 saturated heterocycles. The summed E-state index contributed by atoms with van der Waals surface area (Å²) in [6.07, 6.45) is -0.818. The van der Waals surface area contributed by atoms with Crippen molar-refractivity contribution in [3.05, 3.63) is 17.7 Å². The van der Waals surface area contributed by atoms with Crippen LogP contribution in [-0.2, 0) is 6.18 Å². The van der Waals surface area contributed by atoms with Gasteiger partial charge in [-0.15, -0.1) is 0 Å². The minimum atomic E-state index is -4.35. The van der Waals surface area contributed by atoms with Gasteiger partial charge in [0.2, 0.25) is 0 Å². The van der Waals surface area contributed by atoms with Crippen LogP contribution in [0.1, 0.15) is 24.8 Å². The van der Waals surface area contributed by atoms with E-state index in [0.717, 1.165) is 31.5 Å². The SMILES string of the molecule is CNc1cc(C(F)(F)F)cc(N(C)CC2CCC2)n1. The van der Waals surface area contributed by atoms with Crippen LogP contribution in [0, 0.1) is 5.92 Å². The summed E-state index contributed by atoms with van der Waals surface area (Å²) in [5, 5.41) is 2.68. The highest BCUT2D eigenvalue weighted by molar-refractivity contribution is 5.50. The van der Waals surface area contributed by atoms with E-state index in [1.807, 2.05) is 0 Å². The van der Waals surface area contributed by atoms with Gasteiger partial charge >= 0.3 is 6.18 Å². The lowest BCUT2D eigenvalue weighted by molar-refractivity contribution is -0.137. The lowest BCUT2D eigenvalue weighted by atomic mass is 9.85. The monoisotopic (exact) mass is 273 g/mol. The van der Waals surface area contributed by atoms with Gasteiger partial charge in [-0.1, -0.05) is 6.42 Å². The number of pyridine rings is 1. The summed E-state index contributed by atoms with van der Waals surface area (Å²) in [5.41, 5.74) is -0.665. The molecular weight excluding hydrogens is 255 g/mol. The Morgan fingerprint density at radius 2 is 2.05 bits per heavy atom. The topological polar surface area (TPSA) is 28.2 Å². The molecule has 1 aliphatic carbocycles. The maximum atomic E-state index is 12.8. The zero-order valence-electron chi connectivity index (χ0n) is 11.1. The maximum absolute atomic E-state index is 12.8. The minimum Gasteiger partial charge on any atom is -0.373 e. The largest absolute Gasteiger partial charge is 0.416 e. The zero-order chi connectivity index (χ0) is 14.0. The lowest BCUT2D eigenvalue weighted by Gasteiger charge is -2.31. The number of nitrogens with one attached hydrogen (secondary N) is 1. The van der Waals surface area contributed by atoms with Crippen molar-refractivity contribution in [2.45, 2.75) is 25.4 Å². The molecule has 6 heteroatoms. The van der Waals surface area contributed by atoms with E-state index in [1.165, 1.54) is 6.42 Å². The molecular formula is C13H18F3N3. The standard InChI is InChI=1S/C13H18F3N3/c1-17-11-6-10(13(14,15)16)7-12(18-11)19(2)8-9-4-3-5-9/h6-7,9H,3-5,8H2,1-2H3,(H,17,18). The van der Waals surface area contributed by atoms with Crippen LogP contribution >= 0.6 is 0 Å².